The normalized spacial score (nSPS) is 16.1. The zero-order valence-corrected chi connectivity index (χ0v) is 12.3. The van der Waals surface area contributed by atoms with Crippen LogP contribution in [-0.2, 0) is 4.74 Å². The van der Waals surface area contributed by atoms with E-state index >= 15 is 0 Å². The van der Waals surface area contributed by atoms with Gasteiger partial charge in [-0.15, -0.1) is 11.3 Å². The van der Waals surface area contributed by atoms with Crippen LogP contribution in [0.1, 0.15) is 49.4 Å². The first-order chi connectivity index (χ1) is 9.20. The molecule has 0 aliphatic heterocycles. The summed E-state index contributed by atoms with van der Waals surface area (Å²) >= 11 is 1.70. The van der Waals surface area contributed by atoms with Crippen LogP contribution in [0.5, 0.6) is 0 Å². The molecule has 2 N–H and O–H groups in total. The zero-order chi connectivity index (χ0) is 13.7. The quantitative estimate of drug-likeness (QED) is 0.755. The van der Waals surface area contributed by atoms with Gasteiger partial charge >= 0.3 is 6.03 Å². The fourth-order valence-electron chi connectivity index (χ4n) is 1.72. The molecule has 1 aliphatic rings. The summed E-state index contributed by atoms with van der Waals surface area (Å²) in [5, 5.41) is 8.89. The maximum Gasteiger partial charge on any atom is 0.315 e. The van der Waals surface area contributed by atoms with Crippen molar-refractivity contribution in [2.24, 2.45) is 0 Å². The molecule has 1 saturated carbocycles. The molecule has 1 heterocycles. The summed E-state index contributed by atoms with van der Waals surface area (Å²) < 4.78 is 5.16. The Labute approximate surface area is 117 Å². The molecule has 5 nitrogen and oxygen atoms in total. The molecule has 1 aromatic rings. The van der Waals surface area contributed by atoms with Crippen LogP contribution in [0.4, 0.5) is 4.79 Å². The van der Waals surface area contributed by atoms with Crippen LogP contribution >= 0.6 is 11.3 Å². The molecule has 1 atom stereocenters. The Morgan fingerprint density at radius 2 is 2.42 bits per heavy atom. The highest BCUT2D eigenvalue weighted by Crippen LogP contribution is 2.41. The van der Waals surface area contributed by atoms with Gasteiger partial charge in [-0.2, -0.15) is 0 Å². The SMILES string of the molecule is CCOCCNC(=O)N[C@H](C)c1csc(C2CC2)n1. The number of rotatable bonds is 7. The molecule has 0 spiro atoms. The van der Waals surface area contributed by atoms with Crippen molar-refractivity contribution < 1.29 is 9.53 Å². The molecule has 1 fully saturated rings. The molecule has 0 saturated heterocycles. The second-order valence-corrected chi connectivity index (χ2v) is 5.59. The third kappa shape index (κ3) is 4.47. The number of urea groups is 1. The molecule has 0 bridgehead atoms. The van der Waals surface area contributed by atoms with Crippen molar-refractivity contribution in [1.82, 2.24) is 15.6 Å². The van der Waals surface area contributed by atoms with Crippen LogP contribution in [0.2, 0.25) is 0 Å². The molecule has 0 radical (unpaired) electrons. The van der Waals surface area contributed by atoms with Gasteiger partial charge in [-0.1, -0.05) is 0 Å². The predicted octanol–water partition coefficient (Wildman–Crippen LogP) is 2.42. The average Bonchev–Trinajstić information content (AvgIpc) is 3.12. The number of carbonyl (C=O) groups excluding carboxylic acids is 1. The average molecular weight is 283 g/mol. The van der Waals surface area contributed by atoms with Crippen molar-refractivity contribution in [3.63, 3.8) is 0 Å². The van der Waals surface area contributed by atoms with Crippen LogP contribution in [-0.4, -0.2) is 30.8 Å². The Morgan fingerprint density at radius 1 is 1.63 bits per heavy atom. The molecule has 19 heavy (non-hydrogen) atoms. The number of hydrogen-bond acceptors (Lipinski definition) is 4. The summed E-state index contributed by atoms with van der Waals surface area (Å²) in [6, 6.07) is -0.232. The van der Waals surface area contributed by atoms with Crippen LogP contribution in [0, 0.1) is 0 Å². The third-order valence-corrected chi connectivity index (χ3v) is 4.02. The minimum atomic E-state index is -0.173. The summed E-state index contributed by atoms with van der Waals surface area (Å²) in [7, 11) is 0. The van der Waals surface area contributed by atoms with Gasteiger partial charge < -0.3 is 15.4 Å². The first-order valence-electron chi connectivity index (χ1n) is 6.78. The molecule has 0 unspecified atom stereocenters. The van der Waals surface area contributed by atoms with E-state index in [9.17, 15) is 4.79 Å². The summed E-state index contributed by atoms with van der Waals surface area (Å²) in [5.41, 5.74) is 0.951. The van der Waals surface area contributed by atoms with Gasteiger partial charge in [0.15, 0.2) is 0 Å². The van der Waals surface area contributed by atoms with Crippen LogP contribution < -0.4 is 10.6 Å². The Bertz CT molecular complexity index is 418. The molecule has 106 valence electrons. The van der Waals surface area contributed by atoms with Gasteiger partial charge in [-0.3, -0.25) is 0 Å². The summed E-state index contributed by atoms with van der Waals surface area (Å²) in [6.45, 7) is 5.62. The molecule has 1 aliphatic carbocycles. The topological polar surface area (TPSA) is 63.2 Å². The van der Waals surface area contributed by atoms with E-state index in [1.807, 2.05) is 19.2 Å². The lowest BCUT2D eigenvalue weighted by molar-refractivity contribution is 0.149. The highest BCUT2D eigenvalue weighted by Gasteiger charge is 2.27. The van der Waals surface area contributed by atoms with Gasteiger partial charge in [0.1, 0.15) is 0 Å². The van der Waals surface area contributed by atoms with Crippen molar-refractivity contribution >= 4 is 17.4 Å². The fourth-order valence-corrected chi connectivity index (χ4v) is 2.80. The highest BCUT2D eigenvalue weighted by atomic mass is 32.1. The van der Waals surface area contributed by atoms with Gasteiger partial charge in [0.25, 0.3) is 0 Å². The van der Waals surface area contributed by atoms with E-state index in [4.69, 9.17) is 4.74 Å². The van der Waals surface area contributed by atoms with Crippen LogP contribution in [0.15, 0.2) is 5.38 Å². The van der Waals surface area contributed by atoms with Crippen LogP contribution in [0.25, 0.3) is 0 Å². The first-order valence-corrected chi connectivity index (χ1v) is 7.66. The summed E-state index contributed by atoms with van der Waals surface area (Å²) in [4.78, 5) is 16.2. The molecule has 2 amide bonds. The molecule has 6 heteroatoms. The van der Waals surface area contributed by atoms with Gasteiger partial charge in [0, 0.05) is 24.4 Å². The van der Waals surface area contributed by atoms with Crippen molar-refractivity contribution in [2.45, 2.75) is 38.6 Å². The Kier molecular flexibility index (Phi) is 5.15. The monoisotopic (exact) mass is 283 g/mol. The number of nitrogens with zero attached hydrogens (tertiary/aromatic N) is 1. The zero-order valence-electron chi connectivity index (χ0n) is 11.4. The molecular formula is C13H21N3O2S. The Morgan fingerprint density at radius 3 is 3.11 bits per heavy atom. The van der Waals surface area contributed by atoms with E-state index < -0.39 is 0 Å². The predicted molar refractivity (Wildman–Crippen MR) is 75.5 cm³/mol. The van der Waals surface area contributed by atoms with Crippen molar-refractivity contribution in [1.29, 1.82) is 0 Å². The fraction of sp³-hybridized carbons (Fsp3) is 0.692. The van der Waals surface area contributed by atoms with E-state index in [0.29, 0.717) is 25.7 Å². The molecule has 2 rings (SSSR count). The minimum Gasteiger partial charge on any atom is -0.380 e. The van der Waals surface area contributed by atoms with E-state index in [1.165, 1.54) is 17.8 Å². The van der Waals surface area contributed by atoms with Gasteiger partial charge in [0.05, 0.1) is 23.4 Å². The van der Waals surface area contributed by atoms with Crippen molar-refractivity contribution in [3.05, 3.63) is 16.1 Å². The van der Waals surface area contributed by atoms with E-state index in [1.54, 1.807) is 11.3 Å². The van der Waals surface area contributed by atoms with Crippen molar-refractivity contribution in [2.75, 3.05) is 19.8 Å². The van der Waals surface area contributed by atoms with Crippen LogP contribution in [0.3, 0.4) is 0 Å². The lowest BCUT2D eigenvalue weighted by atomic mass is 10.2. The second-order valence-electron chi connectivity index (χ2n) is 4.70. The molecular weight excluding hydrogens is 262 g/mol. The van der Waals surface area contributed by atoms with Gasteiger partial charge in [-0.05, 0) is 26.7 Å². The maximum absolute atomic E-state index is 11.6. The first kappa shape index (κ1) is 14.3. The van der Waals surface area contributed by atoms with E-state index in [-0.39, 0.29) is 12.1 Å². The van der Waals surface area contributed by atoms with Gasteiger partial charge in [-0.25, -0.2) is 9.78 Å². The highest BCUT2D eigenvalue weighted by molar-refractivity contribution is 7.09. The van der Waals surface area contributed by atoms with Crippen molar-refractivity contribution in [3.8, 4) is 0 Å². The maximum atomic E-state index is 11.6. The Balaban J connectivity index is 1.72. The Hall–Kier alpha value is -1.14. The largest absolute Gasteiger partial charge is 0.380 e. The molecule has 0 aromatic carbocycles. The number of aromatic nitrogens is 1. The molecule has 1 aromatic heterocycles. The number of amides is 2. The van der Waals surface area contributed by atoms with E-state index in [0.717, 1.165) is 5.69 Å². The smallest absolute Gasteiger partial charge is 0.315 e. The minimum absolute atomic E-state index is 0.0594. The lowest BCUT2D eigenvalue weighted by Gasteiger charge is -2.12. The standard InChI is InChI=1S/C13H21N3O2S/c1-3-18-7-6-14-13(17)15-9(2)11-8-19-12(16-11)10-4-5-10/h8-10H,3-7H2,1-2H3,(H2,14,15,17)/t9-/m1/s1. The number of thiazole rings is 1. The number of carbonyl (C=O) groups is 1. The number of nitrogens with one attached hydrogen (secondary N) is 2. The summed E-state index contributed by atoms with van der Waals surface area (Å²) in [6.07, 6.45) is 2.51. The third-order valence-electron chi connectivity index (χ3n) is 2.99. The van der Waals surface area contributed by atoms with E-state index in [2.05, 4.69) is 15.6 Å². The van der Waals surface area contributed by atoms with Gasteiger partial charge in [0.2, 0.25) is 0 Å². The summed E-state index contributed by atoms with van der Waals surface area (Å²) in [5.74, 6) is 0.672. The second kappa shape index (κ2) is 6.86. The lowest BCUT2D eigenvalue weighted by Crippen LogP contribution is -2.38. The number of ether oxygens (including phenoxy) is 1. The number of hydrogen-bond donors (Lipinski definition) is 2.